The molecule has 6 nitrogen and oxygen atoms in total. The first-order valence-electron chi connectivity index (χ1n) is 2.49. The van der Waals surface area contributed by atoms with Crippen molar-refractivity contribution in [1.29, 1.82) is 5.41 Å². The van der Waals surface area contributed by atoms with Crippen LogP contribution in [0.3, 0.4) is 0 Å². The molecule has 0 aromatic carbocycles. The third kappa shape index (κ3) is 4.10. The van der Waals surface area contributed by atoms with Gasteiger partial charge in [0.2, 0.25) is 5.96 Å². The zero-order valence-electron chi connectivity index (χ0n) is 5.42. The van der Waals surface area contributed by atoms with Gasteiger partial charge in [0.15, 0.2) is 0 Å². The van der Waals surface area contributed by atoms with E-state index in [0.29, 0.717) is 0 Å². The van der Waals surface area contributed by atoms with Crippen LogP contribution in [0.4, 0.5) is 0 Å². The molecular weight excluding hydrogens is 158 g/mol. The molecule has 60 valence electrons. The molecule has 7 heteroatoms. The summed E-state index contributed by atoms with van der Waals surface area (Å²) in [5.74, 6) is -0.659. The molecule has 0 aromatic rings. The number of nitrogens with one attached hydrogen (secondary N) is 2. The van der Waals surface area contributed by atoms with Crippen LogP contribution in [0, 0.1) is 5.41 Å². The SMILES string of the molecule is CCOS(=O)(=O)NC(=N)N. The second kappa shape index (κ2) is 3.37. The van der Waals surface area contributed by atoms with Crippen molar-refractivity contribution in [2.45, 2.75) is 6.92 Å². The summed E-state index contributed by atoms with van der Waals surface area (Å²) in [6.45, 7) is 1.53. The Morgan fingerprint density at radius 2 is 2.30 bits per heavy atom. The maximum Gasteiger partial charge on any atom is 0.362 e. The molecule has 0 fully saturated rings. The molecule has 0 bridgehead atoms. The monoisotopic (exact) mass is 167 g/mol. The smallest absolute Gasteiger partial charge is 0.362 e. The molecule has 0 rings (SSSR count). The normalized spacial score (nSPS) is 10.9. The van der Waals surface area contributed by atoms with E-state index in [4.69, 9.17) is 11.1 Å². The highest BCUT2D eigenvalue weighted by Gasteiger charge is 2.08. The maximum atomic E-state index is 10.5. The van der Waals surface area contributed by atoms with E-state index in [1.165, 1.54) is 6.92 Å². The lowest BCUT2D eigenvalue weighted by atomic mass is 10.9. The summed E-state index contributed by atoms with van der Waals surface area (Å²) < 4.78 is 26.8. The van der Waals surface area contributed by atoms with Crippen molar-refractivity contribution in [2.75, 3.05) is 6.61 Å². The average molecular weight is 167 g/mol. The number of nitrogens with two attached hydrogens (primary N) is 1. The molecule has 0 atom stereocenters. The second-order valence-corrected chi connectivity index (χ2v) is 2.72. The van der Waals surface area contributed by atoms with Crippen LogP contribution >= 0.6 is 0 Å². The van der Waals surface area contributed by atoms with Gasteiger partial charge in [0, 0.05) is 0 Å². The van der Waals surface area contributed by atoms with E-state index in [1.54, 1.807) is 4.72 Å². The van der Waals surface area contributed by atoms with Crippen molar-refractivity contribution in [3.63, 3.8) is 0 Å². The van der Waals surface area contributed by atoms with Crippen molar-refractivity contribution in [3.8, 4) is 0 Å². The fourth-order valence-electron chi connectivity index (χ4n) is 0.319. The first kappa shape index (κ1) is 9.18. The molecule has 0 saturated heterocycles. The standard InChI is InChI=1S/C3H9N3O3S/c1-2-9-10(7,8)6-3(4)5/h2H2,1H3,(H4,4,5,6). The Bertz CT molecular complexity index is 209. The predicted molar refractivity (Wildman–Crippen MR) is 35.6 cm³/mol. The van der Waals surface area contributed by atoms with Gasteiger partial charge in [-0.25, -0.2) is 4.72 Å². The zero-order valence-corrected chi connectivity index (χ0v) is 6.23. The fourth-order valence-corrected chi connectivity index (χ4v) is 0.958. The van der Waals surface area contributed by atoms with Gasteiger partial charge in [0.25, 0.3) is 0 Å². The molecule has 0 aliphatic heterocycles. The van der Waals surface area contributed by atoms with Gasteiger partial charge in [-0.1, -0.05) is 0 Å². The molecule has 0 radical (unpaired) electrons. The highest BCUT2D eigenvalue weighted by atomic mass is 32.2. The van der Waals surface area contributed by atoms with Gasteiger partial charge in [-0.05, 0) is 6.92 Å². The van der Waals surface area contributed by atoms with Gasteiger partial charge in [0.05, 0.1) is 6.61 Å². The minimum atomic E-state index is -3.83. The minimum absolute atomic E-state index is 0.0165. The van der Waals surface area contributed by atoms with E-state index < -0.39 is 16.3 Å². The summed E-state index contributed by atoms with van der Waals surface area (Å²) in [6.07, 6.45) is 0. The topological polar surface area (TPSA) is 105 Å². The van der Waals surface area contributed by atoms with Crippen LogP contribution in [0.1, 0.15) is 6.92 Å². The lowest BCUT2D eigenvalue weighted by Crippen LogP contribution is -2.36. The summed E-state index contributed by atoms with van der Waals surface area (Å²) >= 11 is 0. The van der Waals surface area contributed by atoms with Crippen LogP contribution < -0.4 is 10.5 Å². The summed E-state index contributed by atoms with van der Waals surface area (Å²) in [4.78, 5) is 0. The van der Waals surface area contributed by atoms with Crippen molar-refractivity contribution in [2.24, 2.45) is 5.73 Å². The molecule has 0 saturated carbocycles. The summed E-state index contributed by atoms with van der Waals surface area (Å²) in [5.41, 5.74) is 4.72. The molecule has 4 N–H and O–H groups in total. The lowest BCUT2D eigenvalue weighted by molar-refractivity contribution is 0.335. The van der Waals surface area contributed by atoms with Crippen molar-refractivity contribution in [3.05, 3.63) is 0 Å². The van der Waals surface area contributed by atoms with Gasteiger partial charge in [-0.15, -0.1) is 0 Å². The maximum absolute atomic E-state index is 10.5. The third-order valence-corrected chi connectivity index (χ3v) is 1.52. The number of hydrogen-bond acceptors (Lipinski definition) is 4. The summed E-state index contributed by atoms with van der Waals surface area (Å²) in [6, 6.07) is 0. The number of guanidine groups is 1. The van der Waals surface area contributed by atoms with Gasteiger partial charge >= 0.3 is 10.3 Å². The van der Waals surface area contributed by atoms with Gasteiger partial charge in [-0.2, -0.15) is 8.42 Å². The second-order valence-electron chi connectivity index (χ2n) is 1.38. The predicted octanol–water partition coefficient (Wildman–Crippen LogP) is -1.25. The summed E-state index contributed by atoms with van der Waals surface area (Å²) in [7, 11) is -3.83. The van der Waals surface area contributed by atoms with E-state index >= 15 is 0 Å². The minimum Gasteiger partial charge on any atom is -0.369 e. The zero-order chi connectivity index (χ0) is 8.20. The fraction of sp³-hybridized carbons (Fsp3) is 0.667. The van der Waals surface area contributed by atoms with E-state index in [-0.39, 0.29) is 6.61 Å². The molecular formula is C3H9N3O3S. The van der Waals surface area contributed by atoms with Crippen molar-refractivity contribution >= 4 is 16.3 Å². The first-order chi connectivity index (χ1) is 4.48. The highest BCUT2D eigenvalue weighted by Crippen LogP contribution is 1.83. The van der Waals surface area contributed by atoms with Crippen LogP contribution in [0.5, 0.6) is 0 Å². The van der Waals surface area contributed by atoms with Crippen molar-refractivity contribution in [1.82, 2.24) is 4.72 Å². The quantitative estimate of drug-likeness (QED) is 0.360. The van der Waals surface area contributed by atoms with E-state index in [0.717, 1.165) is 0 Å². The Balaban J connectivity index is 4.02. The Kier molecular flexibility index (Phi) is 3.10. The Labute approximate surface area is 59.1 Å². The van der Waals surface area contributed by atoms with Crippen LogP contribution in [0.15, 0.2) is 0 Å². The number of rotatable bonds is 3. The van der Waals surface area contributed by atoms with Crippen LogP contribution in [0.25, 0.3) is 0 Å². The van der Waals surface area contributed by atoms with Crippen LogP contribution in [0.2, 0.25) is 0 Å². The Hall–Kier alpha value is -0.820. The average Bonchev–Trinajstić information content (AvgIpc) is 1.59. The molecule has 0 unspecified atom stereocenters. The van der Waals surface area contributed by atoms with E-state index in [2.05, 4.69) is 4.18 Å². The van der Waals surface area contributed by atoms with Crippen LogP contribution in [-0.2, 0) is 14.5 Å². The Morgan fingerprint density at radius 1 is 1.80 bits per heavy atom. The van der Waals surface area contributed by atoms with E-state index in [1.807, 2.05) is 0 Å². The first-order valence-corrected chi connectivity index (χ1v) is 3.90. The molecule has 0 heterocycles. The molecule has 0 aliphatic rings. The Morgan fingerprint density at radius 3 is 2.60 bits per heavy atom. The molecule has 0 aliphatic carbocycles. The third-order valence-electron chi connectivity index (χ3n) is 0.508. The van der Waals surface area contributed by atoms with Gasteiger partial charge < -0.3 is 5.73 Å². The molecule has 0 amide bonds. The highest BCUT2D eigenvalue weighted by molar-refractivity contribution is 7.85. The van der Waals surface area contributed by atoms with Crippen molar-refractivity contribution < 1.29 is 12.6 Å². The number of hydrogen-bond donors (Lipinski definition) is 3. The van der Waals surface area contributed by atoms with Gasteiger partial charge in [0.1, 0.15) is 0 Å². The molecule has 0 spiro atoms. The molecule has 10 heavy (non-hydrogen) atoms. The van der Waals surface area contributed by atoms with E-state index in [9.17, 15) is 8.42 Å². The van der Waals surface area contributed by atoms with Gasteiger partial charge in [-0.3, -0.25) is 9.59 Å². The molecule has 0 aromatic heterocycles. The largest absolute Gasteiger partial charge is 0.369 e. The summed E-state index contributed by atoms with van der Waals surface area (Å²) in [5, 5.41) is 6.54. The van der Waals surface area contributed by atoms with Crippen LogP contribution in [-0.4, -0.2) is 21.0 Å². The lowest BCUT2D eigenvalue weighted by Gasteiger charge is -2.02.